The standard InChI is InChI=1S/C32H25N5O3/c1-38-25-16-15-23(18-26(25)39-2)30-34-32-28-27(21-10-5-3-6-11-21)29(22-12-7-4-8-13-22)36(19-24-14-9-17-40-24)31(28)33-20-37(32)35-30/h3-18,20H,19H2,1-2H3. The second-order valence-electron chi connectivity index (χ2n) is 9.34. The van der Waals surface area contributed by atoms with E-state index >= 15 is 0 Å². The van der Waals surface area contributed by atoms with Crippen LogP contribution in [0.4, 0.5) is 0 Å². The minimum atomic E-state index is 0.514. The molecule has 0 N–H and O–H groups in total. The first-order valence-electron chi connectivity index (χ1n) is 12.9. The van der Waals surface area contributed by atoms with Crippen LogP contribution in [0.15, 0.2) is 108 Å². The third-order valence-electron chi connectivity index (χ3n) is 7.03. The SMILES string of the molecule is COc1ccc(-c2nc3c4c(-c5ccccc5)c(-c5ccccc5)n(Cc5ccco5)c4ncn3n2)cc1OC. The number of furan rings is 1. The van der Waals surface area contributed by atoms with Gasteiger partial charge in [-0.2, -0.15) is 0 Å². The van der Waals surface area contributed by atoms with Crippen molar-refractivity contribution in [3.8, 4) is 45.3 Å². The monoisotopic (exact) mass is 527 g/mol. The normalized spacial score (nSPS) is 11.3. The van der Waals surface area contributed by atoms with Crippen molar-refractivity contribution >= 4 is 16.7 Å². The molecule has 0 radical (unpaired) electrons. The highest BCUT2D eigenvalue weighted by molar-refractivity contribution is 6.09. The zero-order valence-corrected chi connectivity index (χ0v) is 22.0. The Kier molecular flexibility index (Phi) is 5.78. The number of benzene rings is 3. The predicted octanol–water partition coefficient (Wildman–Crippen LogP) is 6.74. The highest BCUT2D eigenvalue weighted by Crippen LogP contribution is 2.42. The molecule has 0 saturated carbocycles. The quantitative estimate of drug-likeness (QED) is 0.228. The topological polar surface area (TPSA) is 79.6 Å². The van der Waals surface area contributed by atoms with Crippen LogP contribution in [0.1, 0.15) is 5.76 Å². The van der Waals surface area contributed by atoms with E-state index in [2.05, 4.69) is 28.8 Å². The second-order valence-corrected chi connectivity index (χ2v) is 9.34. The summed E-state index contributed by atoms with van der Waals surface area (Å²) in [5.74, 6) is 2.66. The van der Waals surface area contributed by atoms with Gasteiger partial charge in [-0.15, -0.1) is 5.10 Å². The van der Waals surface area contributed by atoms with Crippen LogP contribution in [0, 0.1) is 0 Å². The Morgan fingerprint density at radius 2 is 1.50 bits per heavy atom. The molecule has 4 heterocycles. The third kappa shape index (κ3) is 3.89. The summed E-state index contributed by atoms with van der Waals surface area (Å²) in [5, 5.41) is 5.72. The summed E-state index contributed by atoms with van der Waals surface area (Å²) in [6.07, 6.45) is 3.41. The van der Waals surface area contributed by atoms with Gasteiger partial charge in [0.25, 0.3) is 0 Å². The fourth-order valence-corrected chi connectivity index (χ4v) is 5.23. The lowest BCUT2D eigenvalue weighted by Gasteiger charge is -2.11. The average molecular weight is 528 g/mol. The maximum atomic E-state index is 5.78. The molecule has 196 valence electrons. The summed E-state index contributed by atoms with van der Waals surface area (Å²) >= 11 is 0. The lowest BCUT2D eigenvalue weighted by atomic mass is 9.99. The number of aromatic nitrogens is 5. The highest BCUT2D eigenvalue weighted by Gasteiger charge is 2.25. The van der Waals surface area contributed by atoms with Gasteiger partial charge < -0.3 is 18.5 Å². The van der Waals surface area contributed by atoms with Gasteiger partial charge in [-0.25, -0.2) is 14.5 Å². The van der Waals surface area contributed by atoms with Crippen molar-refractivity contribution in [1.29, 1.82) is 0 Å². The molecule has 0 spiro atoms. The number of fused-ring (bicyclic) bond motifs is 3. The maximum Gasteiger partial charge on any atom is 0.182 e. The second kappa shape index (κ2) is 9.74. The van der Waals surface area contributed by atoms with Crippen LogP contribution in [-0.2, 0) is 6.54 Å². The Labute approximate surface area is 230 Å². The maximum absolute atomic E-state index is 5.78. The summed E-state index contributed by atoms with van der Waals surface area (Å²) < 4.78 is 20.7. The van der Waals surface area contributed by atoms with Crippen LogP contribution in [0.25, 0.3) is 50.5 Å². The van der Waals surface area contributed by atoms with Crippen LogP contribution in [0.3, 0.4) is 0 Å². The minimum absolute atomic E-state index is 0.514. The number of methoxy groups -OCH3 is 2. The molecular formula is C32H25N5O3. The predicted molar refractivity (Wildman–Crippen MR) is 153 cm³/mol. The van der Waals surface area contributed by atoms with E-state index in [0.717, 1.165) is 44.7 Å². The summed E-state index contributed by atoms with van der Waals surface area (Å²) in [6.45, 7) is 0.514. The third-order valence-corrected chi connectivity index (χ3v) is 7.03. The molecule has 7 rings (SSSR count). The van der Waals surface area contributed by atoms with Gasteiger partial charge in [-0.3, -0.25) is 0 Å². The molecule has 0 fully saturated rings. The number of hydrogen-bond donors (Lipinski definition) is 0. The fraction of sp³-hybridized carbons (Fsp3) is 0.0938. The Bertz CT molecular complexity index is 1940. The van der Waals surface area contributed by atoms with Gasteiger partial charge >= 0.3 is 0 Å². The van der Waals surface area contributed by atoms with Gasteiger partial charge in [0.05, 0.1) is 38.1 Å². The molecule has 8 nitrogen and oxygen atoms in total. The van der Waals surface area contributed by atoms with E-state index in [9.17, 15) is 0 Å². The van der Waals surface area contributed by atoms with Crippen molar-refractivity contribution in [3.63, 3.8) is 0 Å². The molecule has 0 bridgehead atoms. The molecule has 0 aliphatic carbocycles. The van der Waals surface area contributed by atoms with Crippen LogP contribution < -0.4 is 9.47 Å². The Morgan fingerprint density at radius 1 is 0.750 bits per heavy atom. The van der Waals surface area contributed by atoms with E-state index in [1.54, 1.807) is 31.3 Å². The molecule has 3 aromatic carbocycles. The molecule has 8 heteroatoms. The van der Waals surface area contributed by atoms with Gasteiger partial charge in [0, 0.05) is 11.1 Å². The molecule has 7 aromatic rings. The lowest BCUT2D eigenvalue weighted by Crippen LogP contribution is -2.03. The summed E-state index contributed by atoms with van der Waals surface area (Å²) in [6, 6.07) is 30.3. The van der Waals surface area contributed by atoms with E-state index < -0.39 is 0 Å². The highest BCUT2D eigenvalue weighted by atomic mass is 16.5. The van der Waals surface area contributed by atoms with Crippen molar-refractivity contribution in [2.75, 3.05) is 14.2 Å². The van der Waals surface area contributed by atoms with Crippen molar-refractivity contribution in [2.45, 2.75) is 6.54 Å². The number of hydrogen-bond acceptors (Lipinski definition) is 6. The fourth-order valence-electron chi connectivity index (χ4n) is 5.23. The van der Waals surface area contributed by atoms with Gasteiger partial charge in [0.2, 0.25) is 0 Å². The molecule has 0 aliphatic rings. The van der Waals surface area contributed by atoms with Gasteiger partial charge in [-0.05, 0) is 41.5 Å². The lowest BCUT2D eigenvalue weighted by molar-refractivity contribution is 0.355. The summed E-state index contributed by atoms with van der Waals surface area (Å²) in [7, 11) is 3.23. The largest absolute Gasteiger partial charge is 0.493 e. The van der Waals surface area contributed by atoms with Crippen molar-refractivity contribution in [1.82, 2.24) is 24.1 Å². The summed E-state index contributed by atoms with van der Waals surface area (Å²) in [5.41, 5.74) is 6.54. The first-order valence-corrected chi connectivity index (χ1v) is 12.9. The Hall–Kier alpha value is -5.37. The van der Waals surface area contributed by atoms with E-state index in [0.29, 0.717) is 29.5 Å². The zero-order chi connectivity index (χ0) is 27.1. The van der Waals surface area contributed by atoms with Crippen LogP contribution in [-0.4, -0.2) is 38.4 Å². The molecule has 0 unspecified atom stereocenters. The van der Waals surface area contributed by atoms with Crippen LogP contribution >= 0.6 is 0 Å². The van der Waals surface area contributed by atoms with E-state index in [1.807, 2.05) is 66.7 Å². The van der Waals surface area contributed by atoms with Crippen molar-refractivity contribution in [3.05, 3.63) is 109 Å². The Balaban J connectivity index is 1.55. The minimum Gasteiger partial charge on any atom is -0.493 e. The molecule has 0 aliphatic heterocycles. The van der Waals surface area contributed by atoms with Gasteiger partial charge in [-0.1, -0.05) is 60.7 Å². The van der Waals surface area contributed by atoms with E-state index in [4.69, 9.17) is 29.0 Å². The van der Waals surface area contributed by atoms with E-state index in [-0.39, 0.29) is 0 Å². The first kappa shape index (κ1) is 23.7. The molecular weight excluding hydrogens is 502 g/mol. The molecule has 4 aromatic heterocycles. The molecule has 0 atom stereocenters. The van der Waals surface area contributed by atoms with E-state index in [1.165, 1.54) is 0 Å². The molecule has 40 heavy (non-hydrogen) atoms. The van der Waals surface area contributed by atoms with Crippen molar-refractivity contribution in [2.24, 2.45) is 0 Å². The summed E-state index contributed by atoms with van der Waals surface area (Å²) in [4.78, 5) is 9.98. The average Bonchev–Trinajstić information content (AvgIpc) is 3.76. The molecule has 0 saturated heterocycles. The van der Waals surface area contributed by atoms with Gasteiger partial charge in [0.1, 0.15) is 17.7 Å². The number of nitrogens with zero attached hydrogens (tertiary/aromatic N) is 5. The Morgan fingerprint density at radius 3 is 2.20 bits per heavy atom. The number of ether oxygens (including phenoxy) is 2. The van der Waals surface area contributed by atoms with Crippen LogP contribution in [0.2, 0.25) is 0 Å². The molecule has 0 amide bonds. The van der Waals surface area contributed by atoms with Gasteiger partial charge in [0.15, 0.2) is 23.0 Å². The number of rotatable bonds is 7. The first-order chi connectivity index (χ1) is 19.7. The smallest absolute Gasteiger partial charge is 0.182 e. The van der Waals surface area contributed by atoms with Crippen LogP contribution in [0.5, 0.6) is 11.5 Å². The zero-order valence-electron chi connectivity index (χ0n) is 22.0. The van der Waals surface area contributed by atoms with Crippen molar-refractivity contribution < 1.29 is 13.9 Å².